The summed E-state index contributed by atoms with van der Waals surface area (Å²) in [5.41, 5.74) is 1.23. The molecule has 1 saturated heterocycles. The topological polar surface area (TPSA) is 58.6 Å². The summed E-state index contributed by atoms with van der Waals surface area (Å²) < 4.78 is 5.18. The molecule has 2 aromatic carbocycles. The van der Waals surface area contributed by atoms with Crippen molar-refractivity contribution < 1.29 is 14.3 Å². The summed E-state index contributed by atoms with van der Waals surface area (Å²) in [4.78, 5) is 27.6. The predicted octanol–water partition coefficient (Wildman–Crippen LogP) is 3.66. The second kappa shape index (κ2) is 8.76. The normalized spacial score (nSPS) is 13.5. The van der Waals surface area contributed by atoms with Crippen molar-refractivity contribution in [1.29, 1.82) is 0 Å². The molecule has 0 spiro atoms. The van der Waals surface area contributed by atoms with Crippen LogP contribution in [-0.2, 0) is 4.79 Å². The Balaban J connectivity index is 1.67. The number of hydrogen-bond acceptors (Lipinski definition) is 4. The molecule has 1 heterocycles. The first kappa shape index (κ1) is 18.3. The third-order valence-electron chi connectivity index (χ3n) is 4.27. The molecule has 0 saturated carbocycles. The molecule has 26 heavy (non-hydrogen) atoms. The Morgan fingerprint density at radius 1 is 1.12 bits per heavy atom. The van der Waals surface area contributed by atoms with E-state index >= 15 is 0 Å². The number of thioether (sulfide) groups is 1. The van der Waals surface area contributed by atoms with Gasteiger partial charge in [0.05, 0.1) is 18.4 Å². The number of benzene rings is 2. The van der Waals surface area contributed by atoms with Crippen molar-refractivity contribution in [2.45, 2.75) is 17.7 Å². The van der Waals surface area contributed by atoms with Gasteiger partial charge in [0.25, 0.3) is 5.91 Å². The van der Waals surface area contributed by atoms with Crippen LogP contribution in [0.3, 0.4) is 0 Å². The molecule has 3 rings (SSSR count). The molecule has 0 aliphatic carbocycles. The third-order valence-corrected chi connectivity index (χ3v) is 5.33. The minimum atomic E-state index is -0.199. The molecule has 136 valence electrons. The Morgan fingerprint density at radius 3 is 2.65 bits per heavy atom. The van der Waals surface area contributed by atoms with E-state index in [2.05, 4.69) is 5.32 Å². The maximum Gasteiger partial charge on any atom is 0.256 e. The highest BCUT2D eigenvalue weighted by molar-refractivity contribution is 8.00. The Kier molecular flexibility index (Phi) is 6.17. The van der Waals surface area contributed by atoms with Crippen molar-refractivity contribution in [1.82, 2.24) is 4.90 Å². The summed E-state index contributed by atoms with van der Waals surface area (Å²) in [6.45, 7) is 1.69. The number of likely N-dealkylation sites (tertiary alicyclic amines) is 1. The number of ether oxygens (including phenoxy) is 1. The van der Waals surface area contributed by atoms with E-state index in [1.807, 2.05) is 41.3 Å². The number of amides is 2. The molecule has 1 fully saturated rings. The van der Waals surface area contributed by atoms with E-state index < -0.39 is 0 Å². The van der Waals surface area contributed by atoms with Gasteiger partial charge in [-0.3, -0.25) is 9.59 Å². The number of hydrogen-bond donors (Lipinski definition) is 1. The summed E-state index contributed by atoms with van der Waals surface area (Å²) >= 11 is 1.41. The van der Waals surface area contributed by atoms with Crippen molar-refractivity contribution in [2.24, 2.45) is 0 Å². The van der Waals surface area contributed by atoms with Crippen LogP contribution in [0.15, 0.2) is 53.4 Å². The van der Waals surface area contributed by atoms with E-state index in [0.717, 1.165) is 30.8 Å². The molecular weight excluding hydrogens is 348 g/mol. The van der Waals surface area contributed by atoms with Gasteiger partial charge in [0.2, 0.25) is 5.91 Å². The number of carbonyl (C=O) groups excluding carboxylic acids is 2. The standard InChI is InChI=1S/C20H22N2O3S/c1-25-16-8-6-7-15(13-16)21-20(24)17-9-2-3-10-18(17)26-14-19(23)22-11-4-5-12-22/h2-3,6-10,13H,4-5,11-12,14H2,1H3,(H,21,24). The second-order valence-electron chi connectivity index (χ2n) is 6.06. The van der Waals surface area contributed by atoms with Gasteiger partial charge >= 0.3 is 0 Å². The van der Waals surface area contributed by atoms with Gasteiger partial charge in [-0.15, -0.1) is 11.8 Å². The molecule has 1 aliphatic rings. The van der Waals surface area contributed by atoms with Gasteiger partial charge in [-0.05, 0) is 37.1 Å². The molecule has 1 aliphatic heterocycles. The summed E-state index contributed by atoms with van der Waals surface area (Å²) in [6, 6.07) is 14.6. The number of nitrogens with one attached hydrogen (secondary N) is 1. The summed E-state index contributed by atoms with van der Waals surface area (Å²) in [7, 11) is 1.59. The first-order chi connectivity index (χ1) is 12.7. The molecule has 0 aromatic heterocycles. The molecule has 0 atom stereocenters. The highest BCUT2D eigenvalue weighted by Gasteiger charge is 2.19. The van der Waals surface area contributed by atoms with E-state index in [1.165, 1.54) is 11.8 Å². The van der Waals surface area contributed by atoms with Crippen molar-refractivity contribution in [3.8, 4) is 5.75 Å². The van der Waals surface area contributed by atoms with E-state index in [-0.39, 0.29) is 11.8 Å². The van der Waals surface area contributed by atoms with Gasteiger partial charge in [-0.25, -0.2) is 0 Å². The first-order valence-corrected chi connectivity index (χ1v) is 9.61. The van der Waals surface area contributed by atoms with Gasteiger partial charge in [-0.1, -0.05) is 18.2 Å². The third kappa shape index (κ3) is 4.58. The Morgan fingerprint density at radius 2 is 1.88 bits per heavy atom. The van der Waals surface area contributed by atoms with E-state index in [4.69, 9.17) is 4.74 Å². The smallest absolute Gasteiger partial charge is 0.256 e. The lowest BCUT2D eigenvalue weighted by molar-refractivity contribution is -0.127. The largest absolute Gasteiger partial charge is 0.497 e. The number of methoxy groups -OCH3 is 1. The molecule has 0 radical (unpaired) electrons. The molecule has 2 amide bonds. The molecular formula is C20H22N2O3S. The molecule has 0 unspecified atom stereocenters. The maximum absolute atomic E-state index is 12.7. The number of carbonyl (C=O) groups is 2. The van der Waals surface area contributed by atoms with Gasteiger partial charge in [0.1, 0.15) is 5.75 Å². The zero-order valence-corrected chi connectivity index (χ0v) is 15.6. The van der Waals surface area contributed by atoms with Crippen LogP contribution in [0, 0.1) is 0 Å². The Hall–Kier alpha value is -2.47. The molecule has 1 N–H and O–H groups in total. The number of anilines is 1. The number of rotatable bonds is 6. The van der Waals surface area contributed by atoms with Crippen molar-refractivity contribution in [2.75, 3.05) is 31.3 Å². The molecule has 0 bridgehead atoms. The lowest BCUT2D eigenvalue weighted by Crippen LogP contribution is -2.29. The Bertz CT molecular complexity index is 788. The van der Waals surface area contributed by atoms with Crippen LogP contribution in [0.5, 0.6) is 5.75 Å². The summed E-state index contributed by atoms with van der Waals surface area (Å²) in [5, 5.41) is 2.89. The summed E-state index contributed by atoms with van der Waals surface area (Å²) in [6.07, 6.45) is 2.16. The lowest BCUT2D eigenvalue weighted by Gasteiger charge is -2.15. The monoisotopic (exact) mass is 370 g/mol. The van der Waals surface area contributed by atoms with Crippen LogP contribution >= 0.6 is 11.8 Å². The van der Waals surface area contributed by atoms with Crippen molar-refractivity contribution >= 4 is 29.3 Å². The predicted molar refractivity (Wildman–Crippen MR) is 104 cm³/mol. The second-order valence-corrected chi connectivity index (χ2v) is 7.08. The molecule has 5 nitrogen and oxygen atoms in total. The van der Waals surface area contributed by atoms with Crippen LogP contribution in [0.25, 0.3) is 0 Å². The van der Waals surface area contributed by atoms with Crippen molar-refractivity contribution in [3.63, 3.8) is 0 Å². The van der Waals surface area contributed by atoms with E-state index in [1.54, 1.807) is 19.2 Å². The first-order valence-electron chi connectivity index (χ1n) is 8.62. The van der Waals surface area contributed by atoms with Crippen molar-refractivity contribution in [3.05, 3.63) is 54.1 Å². The summed E-state index contributed by atoms with van der Waals surface area (Å²) in [5.74, 6) is 0.968. The van der Waals surface area contributed by atoms with Gasteiger partial charge < -0.3 is 15.0 Å². The van der Waals surface area contributed by atoms with Gasteiger partial charge in [0.15, 0.2) is 0 Å². The van der Waals surface area contributed by atoms with Crippen LogP contribution in [-0.4, -0.2) is 42.7 Å². The average Bonchev–Trinajstić information content (AvgIpc) is 3.21. The quantitative estimate of drug-likeness (QED) is 0.789. The van der Waals surface area contributed by atoms with Crippen LogP contribution in [0.4, 0.5) is 5.69 Å². The van der Waals surface area contributed by atoms with E-state index in [9.17, 15) is 9.59 Å². The van der Waals surface area contributed by atoms with Crippen LogP contribution < -0.4 is 10.1 Å². The fourth-order valence-electron chi connectivity index (χ4n) is 2.88. The fourth-order valence-corrected chi connectivity index (χ4v) is 3.83. The van der Waals surface area contributed by atoms with E-state index in [0.29, 0.717) is 22.8 Å². The minimum absolute atomic E-state index is 0.135. The zero-order chi connectivity index (χ0) is 18.4. The molecule has 6 heteroatoms. The van der Waals surface area contributed by atoms with Crippen LogP contribution in [0.2, 0.25) is 0 Å². The van der Waals surface area contributed by atoms with Gasteiger partial charge in [0, 0.05) is 29.7 Å². The average molecular weight is 370 g/mol. The number of nitrogens with zero attached hydrogens (tertiary/aromatic N) is 1. The van der Waals surface area contributed by atoms with Crippen LogP contribution in [0.1, 0.15) is 23.2 Å². The lowest BCUT2D eigenvalue weighted by atomic mass is 10.2. The SMILES string of the molecule is COc1cccc(NC(=O)c2ccccc2SCC(=O)N2CCCC2)c1. The highest BCUT2D eigenvalue weighted by atomic mass is 32.2. The Labute approximate surface area is 157 Å². The fraction of sp³-hybridized carbons (Fsp3) is 0.300. The highest BCUT2D eigenvalue weighted by Crippen LogP contribution is 2.25. The van der Waals surface area contributed by atoms with Gasteiger partial charge in [-0.2, -0.15) is 0 Å². The molecule has 2 aromatic rings. The minimum Gasteiger partial charge on any atom is -0.497 e. The zero-order valence-electron chi connectivity index (χ0n) is 14.7. The maximum atomic E-state index is 12.7.